The highest BCUT2D eigenvalue weighted by molar-refractivity contribution is 7.23. The molecule has 2 bridgehead atoms. The molecule has 2 unspecified atom stereocenters. The molecule has 4 aliphatic rings. The lowest BCUT2D eigenvalue weighted by Gasteiger charge is -2.42. The maximum absolute atomic E-state index is 17.4. The van der Waals surface area contributed by atoms with Crippen molar-refractivity contribution in [2.45, 2.75) is 109 Å². The molecular weight excluding hydrogens is 814 g/mol. The molecule has 4 saturated heterocycles. The molecule has 4 aromatic rings. The second kappa shape index (κ2) is 14.8. The maximum Gasteiger partial charge on any atom is 0.412 e. The lowest BCUT2D eigenvalue weighted by atomic mass is 9.95. The quantitative estimate of drug-likeness (QED) is 0.148. The Bertz CT molecular complexity index is 2420. The molecule has 0 saturated carbocycles. The van der Waals surface area contributed by atoms with Crippen LogP contribution in [0, 0.1) is 28.8 Å². The first kappa shape index (κ1) is 41.1. The zero-order valence-electron chi connectivity index (χ0n) is 33.5. The summed E-state index contributed by atoms with van der Waals surface area (Å²) in [7, 11) is 0. The van der Waals surface area contributed by atoms with Crippen LogP contribution in [-0.2, 0) is 9.47 Å². The minimum Gasteiger partial charge on any atom is -0.461 e. The summed E-state index contributed by atoms with van der Waals surface area (Å²) >= 11 is 7.61. The van der Waals surface area contributed by atoms with E-state index in [1.54, 1.807) is 46.4 Å². The summed E-state index contributed by atoms with van der Waals surface area (Å²) in [5.74, 6) is -3.10. The van der Waals surface area contributed by atoms with Crippen molar-refractivity contribution in [3.8, 4) is 23.2 Å². The first-order valence-electron chi connectivity index (χ1n) is 19.6. The molecule has 0 radical (unpaired) electrons. The molecule has 12 nitrogen and oxygen atoms in total. The number of nitriles is 1. The van der Waals surface area contributed by atoms with E-state index in [2.05, 4.69) is 15.2 Å². The number of nitrogens with zero attached hydrogens (tertiary/aromatic N) is 6. The van der Waals surface area contributed by atoms with Gasteiger partial charge in [-0.05, 0) is 85.4 Å². The van der Waals surface area contributed by atoms with Crippen LogP contribution in [-0.4, -0.2) is 99.7 Å². The normalized spacial score (nSPS) is 23.2. The third-order valence-corrected chi connectivity index (χ3v) is 12.8. The van der Waals surface area contributed by atoms with Crippen molar-refractivity contribution in [2.24, 2.45) is 0 Å². The Morgan fingerprint density at radius 2 is 1.71 bits per heavy atom. The highest BCUT2D eigenvalue weighted by atomic mass is 35.5. The number of thiophene rings is 1. The molecule has 18 heteroatoms. The molecule has 0 aliphatic carbocycles. The van der Waals surface area contributed by atoms with Crippen LogP contribution in [0.3, 0.4) is 0 Å². The van der Waals surface area contributed by atoms with Crippen molar-refractivity contribution in [1.29, 1.82) is 5.26 Å². The average molecular weight is 858 g/mol. The number of aromatic nitrogens is 2. The number of carbonyl (C=O) groups excluding carboxylic acids is 2. The third-order valence-electron chi connectivity index (χ3n) is 11.3. The largest absolute Gasteiger partial charge is 0.461 e. The summed E-state index contributed by atoms with van der Waals surface area (Å²) in [5.41, 5.74) is -3.75. The number of benzene rings is 2. The van der Waals surface area contributed by atoms with Gasteiger partial charge in [-0.1, -0.05) is 17.7 Å². The molecule has 6 heterocycles. The number of nitrogens with one attached hydrogen (secondary N) is 1. The van der Waals surface area contributed by atoms with E-state index >= 15 is 13.2 Å². The van der Waals surface area contributed by atoms with Crippen LogP contribution >= 0.6 is 22.9 Å². The number of hydrogen-bond acceptors (Lipinski definition) is 11. The molecule has 4 fully saturated rings. The number of amides is 2. The number of rotatable bonds is 6. The van der Waals surface area contributed by atoms with Gasteiger partial charge < -0.3 is 19.1 Å². The fourth-order valence-electron chi connectivity index (χ4n) is 9.06. The molecule has 2 aromatic heterocycles. The standard InChI is InChI=1S/C41H44ClF4N7O5S/c1-39(2,3)57-37(54)50-35-24(15-47)26-23(10-11-25(44)33(26)59-35)27-30(45)29(42)28-32(31(27)46)48-36(56-19-41-12-7-13-52(41)16-20(43)14-41)49-34(28)51-17-21-8-9-22(18-51)53(21)38(55)58-40(4,5)6/h10-11,20-22H,7-9,12-14,16-19H2,1-6H3,(H,50,54)/t20-,21?,22?,41+/m1/s1. The van der Waals surface area contributed by atoms with Crippen molar-refractivity contribution >= 4 is 66.9 Å². The molecule has 2 amide bonds. The molecule has 314 valence electrons. The molecular formula is C41H44ClF4N7O5S. The van der Waals surface area contributed by atoms with E-state index in [1.807, 2.05) is 11.0 Å². The second-order valence-electron chi connectivity index (χ2n) is 17.8. The minimum absolute atomic E-state index is 0.0197. The van der Waals surface area contributed by atoms with Gasteiger partial charge in [-0.25, -0.2) is 27.2 Å². The van der Waals surface area contributed by atoms with Crippen molar-refractivity contribution in [3.63, 3.8) is 0 Å². The van der Waals surface area contributed by atoms with Crippen molar-refractivity contribution in [3.05, 3.63) is 40.2 Å². The van der Waals surface area contributed by atoms with Gasteiger partial charge >= 0.3 is 18.2 Å². The topological polar surface area (TPSA) is 133 Å². The number of carbonyl (C=O) groups is 2. The monoisotopic (exact) mass is 857 g/mol. The maximum atomic E-state index is 17.4. The van der Waals surface area contributed by atoms with Crippen molar-refractivity contribution < 1.29 is 41.4 Å². The number of anilines is 2. The number of hydrogen-bond donors (Lipinski definition) is 1. The van der Waals surface area contributed by atoms with Gasteiger partial charge in [0.25, 0.3) is 0 Å². The highest BCUT2D eigenvalue weighted by Gasteiger charge is 2.50. The predicted molar refractivity (Wildman–Crippen MR) is 215 cm³/mol. The van der Waals surface area contributed by atoms with E-state index in [0.717, 1.165) is 18.6 Å². The number of ether oxygens (including phenoxy) is 3. The van der Waals surface area contributed by atoms with Gasteiger partial charge in [0, 0.05) is 31.4 Å². The van der Waals surface area contributed by atoms with Gasteiger partial charge in [0.05, 0.1) is 43.9 Å². The van der Waals surface area contributed by atoms with Gasteiger partial charge in [0.15, 0.2) is 11.6 Å². The summed E-state index contributed by atoms with van der Waals surface area (Å²) < 4.78 is 81.7. The SMILES string of the molecule is CC(C)(C)OC(=O)Nc1sc2c(F)ccc(-c3c(F)c(Cl)c4c(N5CC6CCC(C5)N6C(=O)OC(C)(C)C)nc(OC[C@@]56CCCN5C[C@H](F)C6)nc4c3F)c2c1C#N. The highest BCUT2D eigenvalue weighted by Crippen LogP contribution is 2.48. The third kappa shape index (κ3) is 7.45. The Morgan fingerprint density at radius 1 is 1.02 bits per heavy atom. The Morgan fingerprint density at radius 3 is 2.37 bits per heavy atom. The molecule has 4 aliphatic heterocycles. The fraction of sp³-hybridized carbons (Fsp3) is 0.537. The van der Waals surface area contributed by atoms with Crippen LogP contribution in [0.5, 0.6) is 6.01 Å². The smallest absolute Gasteiger partial charge is 0.412 e. The van der Waals surface area contributed by atoms with Crippen LogP contribution < -0.4 is 15.0 Å². The van der Waals surface area contributed by atoms with Crippen molar-refractivity contribution in [1.82, 2.24) is 19.8 Å². The zero-order valence-corrected chi connectivity index (χ0v) is 35.1. The van der Waals surface area contributed by atoms with E-state index in [9.17, 15) is 19.2 Å². The van der Waals surface area contributed by atoms with Crippen LogP contribution in [0.25, 0.3) is 32.1 Å². The lowest BCUT2D eigenvalue weighted by molar-refractivity contribution is 0.0122. The molecule has 0 spiro atoms. The van der Waals surface area contributed by atoms with Gasteiger partial charge in [-0.2, -0.15) is 15.2 Å². The zero-order chi connectivity index (χ0) is 42.3. The molecule has 2 aromatic carbocycles. The summed E-state index contributed by atoms with van der Waals surface area (Å²) in [6.45, 7) is 11.8. The second-order valence-corrected chi connectivity index (χ2v) is 19.2. The summed E-state index contributed by atoms with van der Waals surface area (Å²) in [4.78, 5) is 40.8. The number of fused-ring (bicyclic) bond motifs is 5. The van der Waals surface area contributed by atoms with Crippen LogP contribution in [0.15, 0.2) is 12.1 Å². The summed E-state index contributed by atoms with van der Waals surface area (Å²) in [6, 6.07) is 3.24. The molecule has 4 atom stereocenters. The van der Waals surface area contributed by atoms with Crippen molar-refractivity contribution in [2.75, 3.05) is 43.0 Å². The van der Waals surface area contributed by atoms with Gasteiger partial charge in [0.2, 0.25) is 0 Å². The summed E-state index contributed by atoms with van der Waals surface area (Å²) in [5, 5.41) is 11.9. The number of alkyl halides is 1. The Hall–Kier alpha value is -4.66. The van der Waals surface area contributed by atoms with Crippen LogP contribution in [0.2, 0.25) is 5.02 Å². The lowest BCUT2D eigenvalue weighted by Crippen LogP contribution is -2.57. The Balaban J connectivity index is 1.26. The first-order valence-corrected chi connectivity index (χ1v) is 20.8. The van der Waals surface area contributed by atoms with Crippen LogP contribution in [0.4, 0.5) is 38.0 Å². The average Bonchev–Trinajstić information content (AvgIpc) is 3.86. The molecule has 59 heavy (non-hydrogen) atoms. The molecule has 8 rings (SSSR count). The number of piperazine rings is 1. The van der Waals surface area contributed by atoms with Crippen LogP contribution in [0.1, 0.15) is 79.2 Å². The Labute approximate surface area is 347 Å². The summed E-state index contributed by atoms with van der Waals surface area (Å²) in [6.07, 6.45) is 0.709. The van der Waals surface area contributed by atoms with E-state index in [1.165, 1.54) is 0 Å². The van der Waals surface area contributed by atoms with Gasteiger partial charge in [-0.3, -0.25) is 15.1 Å². The van der Waals surface area contributed by atoms with Gasteiger partial charge in [0.1, 0.15) is 52.2 Å². The van der Waals surface area contributed by atoms with E-state index < -0.39 is 68.7 Å². The minimum atomic E-state index is -1.21. The van der Waals surface area contributed by atoms with E-state index in [0.29, 0.717) is 37.1 Å². The number of halogens is 5. The first-order chi connectivity index (χ1) is 27.8. The van der Waals surface area contributed by atoms with E-state index in [-0.39, 0.29) is 88.2 Å². The fourth-order valence-corrected chi connectivity index (χ4v) is 10.4. The predicted octanol–water partition coefficient (Wildman–Crippen LogP) is 9.34. The molecule has 1 N–H and O–H groups in total. The van der Waals surface area contributed by atoms with Gasteiger partial charge in [-0.15, -0.1) is 11.3 Å². The van der Waals surface area contributed by atoms with E-state index in [4.69, 9.17) is 30.8 Å². The Kier molecular flexibility index (Phi) is 10.3.